The fraction of sp³-hybridized carbons (Fsp3) is 0.750. The monoisotopic (exact) mass is 518 g/mol. The van der Waals surface area contributed by atoms with Crippen LogP contribution in [0.1, 0.15) is 39.5 Å². The fourth-order valence-corrected chi connectivity index (χ4v) is 3.71. The minimum atomic E-state index is -2.06. The number of esters is 1. The van der Waals surface area contributed by atoms with Crippen LogP contribution in [0.3, 0.4) is 0 Å². The van der Waals surface area contributed by atoms with Crippen molar-refractivity contribution in [3.05, 3.63) is 10.1 Å². The van der Waals surface area contributed by atoms with Crippen molar-refractivity contribution in [2.75, 3.05) is 19.8 Å². The van der Waals surface area contributed by atoms with Gasteiger partial charge in [0, 0.05) is 13.5 Å². The van der Waals surface area contributed by atoms with Gasteiger partial charge in [0.05, 0.1) is 13.2 Å². The molecule has 6 atom stereocenters. The Morgan fingerprint density at radius 3 is 2.33 bits per heavy atom. The van der Waals surface area contributed by atoms with Gasteiger partial charge in [-0.25, -0.2) is 9.59 Å². The van der Waals surface area contributed by atoms with E-state index in [1.807, 2.05) is 0 Å². The van der Waals surface area contributed by atoms with Crippen LogP contribution >= 0.6 is 0 Å². The summed E-state index contributed by atoms with van der Waals surface area (Å²) in [4.78, 5) is 74.4. The third-order valence-corrected chi connectivity index (χ3v) is 5.91. The summed E-state index contributed by atoms with van der Waals surface area (Å²) in [5.41, 5.74) is 3.54. The predicted octanol–water partition coefficient (Wildman–Crippen LogP) is -2.17. The van der Waals surface area contributed by atoms with Gasteiger partial charge in [0.2, 0.25) is 5.78 Å². The molecule has 2 heterocycles. The van der Waals surface area contributed by atoms with Crippen molar-refractivity contribution in [3.8, 4) is 0 Å². The van der Waals surface area contributed by atoms with Crippen molar-refractivity contribution < 1.29 is 53.2 Å². The van der Waals surface area contributed by atoms with Crippen LogP contribution in [0.5, 0.6) is 0 Å². The lowest BCUT2D eigenvalue weighted by Crippen LogP contribution is -2.59. The third kappa shape index (κ3) is 7.08. The molecule has 36 heavy (non-hydrogen) atoms. The Morgan fingerprint density at radius 1 is 1.17 bits per heavy atom. The molecule has 2 amide bonds. The number of unbranched alkanes of at least 4 members (excludes halogenated alkanes) is 1. The molecule has 0 aromatic heterocycles. The van der Waals surface area contributed by atoms with Crippen molar-refractivity contribution in [1.82, 2.24) is 10.6 Å². The highest BCUT2D eigenvalue weighted by Gasteiger charge is 2.51. The molecule has 0 saturated carbocycles. The van der Waals surface area contributed by atoms with Crippen molar-refractivity contribution in [3.63, 3.8) is 0 Å². The summed E-state index contributed by atoms with van der Waals surface area (Å²) in [7, 11) is 0. The first-order chi connectivity index (χ1) is 16.9. The van der Waals surface area contributed by atoms with Crippen LogP contribution in [0.15, 0.2) is 0 Å². The molecule has 2 saturated heterocycles. The Labute approximate surface area is 205 Å². The number of carbonyl (C=O) groups excluding carboxylic acids is 4. The Balaban J connectivity index is 1.90. The standard InChI is InChI=1S/C20H30N4O12/c1-3-20(21,19(29)30)18(28)22-7-5-4-6-11(23-16(26)10(2)25)17(27)35-12-8-33-15-13(36-24(31)32)9-34-14(12)15/h11-15H,3-9,21H2,1-2H3,(H,22,28)(H,23,26)(H,29,30)/t11-,12-,13+,14?,15?,20?/m0/s1. The number of rotatable bonds is 14. The summed E-state index contributed by atoms with van der Waals surface area (Å²) in [6, 6.07) is -1.22. The topological polar surface area (TPSA) is 236 Å². The van der Waals surface area contributed by atoms with Crippen LogP contribution < -0.4 is 16.4 Å². The SMILES string of the molecule is CCC(N)(C(=O)O)C(=O)NCCCC[C@H](NC(=O)C(C)=O)C(=O)O[C@H]1COC2C1OC[C@H]2O[N+](=O)[O-]. The molecule has 0 bridgehead atoms. The van der Waals surface area contributed by atoms with Crippen LogP contribution in [0.25, 0.3) is 0 Å². The summed E-state index contributed by atoms with van der Waals surface area (Å²) in [5.74, 6) is -5.01. The Morgan fingerprint density at radius 2 is 1.78 bits per heavy atom. The highest BCUT2D eigenvalue weighted by atomic mass is 17.0. The zero-order chi connectivity index (χ0) is 27.0. The maximum atomic E-state index is 12.8. The molecule has 0 radical (unpaired) electrons. The number of amides is 2. The molecule has 0 aliphatic carbocycles. The summed E-state index contributed by atoms with van der Waals surface area (Å²) in [6.07, 6.45) is -3.02. The summed E-state index contributed by atoms with van der Waals surface area (Å²) in [5, 5.41) is 23.5. The Bertz CT molecular complexity index is 883. The normalized spacial score (nSPS) is 25.1. The Kier molecular flexibility index (Phi) is 10.1. The smallest absolute Gasteiger partial charge is 0.333 e. The first kappa shape index (κ1) is 28.9. The average Bonchev–Trinajstić information content (AvgIpc) is 3.39. The first-order valence-corrected chi connectivity index (χ1v) is 11.3. The molecule has 0 aromatic carbocycles. The zero-order valence-electron chi connectivity index (χ0n) is 19.8. The lowest BCUT2D eigenvalue weighted by molar-refractivity contribution is -0.769. The van der Waals surface area contributed by atoms with Crippen molar-refractivity contribution in [2.45, 2.75) is 75.5 Å². The number of nitrogens with one attached hydrogen (secondary N) is 2. The number of ether oxygens (including phenoxy) is 3. The second-order valence-electron chi connectivity index (χ2n) is 8.40. The van der Waals surface area contributed by atoms with Gasteiger partial charge in [-0.1, -0.05) is 6.92 Å². The van der Waals surface area contributed by atoms with Crippen LogP contribution in [0, 0.1) is 10.1 Å². The number of hydrogen-bond acceptors (Lipinski definition) is 12. The van der Waals surface area contributed by atoms with Gasteiger partial charge in [-0.05, 0) is 25.7 Å². The number of fused-ring (bicyclic) bond motifs is 1. The van der Waals surface area contributed by atoms with Crippen molar-refractivity contribution in [1.29, 1.82) is 0 Å². The first-order valence-electron chi connectivity index (χ1n) is 11.3. The van der Waals surface area contributed by atoms with Crippen LogP contribution in [-0.4, -0.2) is 95.5 Å². The molecule has 3 unspecified atom stereocenters. The highest BCUT2D eigenvalue weighted by Crippen LogP contribution is 2.30. The number of nitrogens with two attached hydrogens (primary N) is 1. The van der Waals surface area contributed by atoms with Gasteiger partial charge < -0.3 is 40.5 Å². The van der Waals surface area contributed by atoms with Gasteiger partial charge in [-0.3, -0.25) is 14.4 Å². The Hall–Kier alpha value is -3.37. The lowest BCUT2D eigenvalue weighted by Gasteiger charge is -2.22. The predicted molar refractivity (Wildman–Crippen MR) is 116 cm³/mol. The minimum Gasteiger partial charge on any atom is -0.479 e. The zero-order valence-corrected chi connectivity index (χ0v) is 19.8. The molecule has 0 spiro atoms. The van der Waals surface area contributed by atoms with E-state index in [0.717, 1.165) is 6.92 Å². The maximum absolute atomic E-state index is 12.8. The number of ketones is 1. The summed E-state index contributed by atoms with van der Waals surface area (Å²) in [6.45, 7) is 2.30. The number of carboxylic acids is 1. The molecule has 16 heteroatoms. The van der Waals surface area contributed by atoms with Crippen LogP contribution in [-0.2, 0) is 43.0 Å². The van der Waals surface area contributed by atoms with E-state index in [4.69, 9.17) is 25.1 Å². The van der Waals surface area contributed by atoms with Gasteiger partial charge in [0.1, 0.15) is 18.2 Å². The average molecular weight is 518 g/mol. The van der Waals surface area contributed by atoms with Crippen LogP contribution in [0.2, 0.25) is 0 Å². The van der Waals surface area contributed by atoms with Gasteiger partial charge in [-0.15, -0.1) is 10.1 Å². The lowest BCUT2D eigenvalue weighted by atomic mass is 9.96. The van der Waals surface area contributed by atoms with Gasteiger partial charge in [0.25, 0.3) is 16.9 Å². The second kappa shape index (κ2) is 12.5. The van der Waals surface area contributed by atoms with Crippen molar-refractivity contribution in [2.24, 2.45) is 5.73 Å². The minimum absolute atomic E-state index is 0.0315. The molecule has 202 valence electrons. The van der Waals surface area contributed by atoms with Crippen molar-refractivity contribution >= 4 is 29.5 Å². The number of hydrogen-bond donors (Lipinski definition) is 4. The number of Topliss-reactive ketones (excluding diaryl/α,β-unsaturated/α-hetero) is 1. The molecular formula is C20H30N4O12. The van der Waals surface area contributed by atoms with E-state index in [2.05, 4.69) is 15.5 Å². The van der Waals surface area contributed by atoms with E-state index in [1.165, 1.54) is 6.92 Å². The molecule has 2 fully saturated rings. The molecular weight excluding hydrogens is 488 g/mol. The summed E-state index contributed by atoms with van der Waals surface area (Å²) >= 11 is 0. The van der Waals surface area contributed by atoms with Gasteiger partial charge >= 0.3 is 11.9 Å². The van der Waals surface area contributed by atoms with E-state index < -0.39 is 70.6 Å². The van der Waals surface area contributed by atoms with E-state index in [9.17, 15) is 34.1 Å². The second-order valence-corrected chi connectivity index (χ2v) is 8.40. The molecule has 0 aromatic rings. The number of carboxylic acid groups (broad SMARTS) is 1. The highest BCUT2D eigenvalue weighted by molar-refractivity contribution is 6.35. The van der Waals surface area contributed by atoms with Crippen LogP contribution in [0.4, 0.5) is 0 Å². The quantitative estimate of drug-likeness (QED) is 0.0479. The molecule has 2 rings (SSSR count). The summed E-state index contributed by atoms with van der Waals surface area (Å²) < 4.78 is 16.3. The fourth-order valence-electron chi connectivity index (χ4n) is 3.71. The van der Waals surface area contributed by atoms with E-state index in [1.54, 1.807) is 0 Å². The van der Waals surface area contributed by atoms with E-state index in [-0.39, 0.29) is 39.0 Å². The van der Waals surface area contributed by atoms with Gasteiger partial charge in [0.15, 0.2) is 17.7 Å². The molecule has 2 aliphatic heterocycles. The third-order valence-electron chi connectivity index (χ3n) is 5.91. The maximum Gasteiger partial charge on any atom is 0.333 e. The molecule has 5 N–H and O–H groups in total. The number of carbonyl (C=O) groups is 5. The number of aliphatic carboxylic acids is 1. The van der Waals surface area contributed by atoms with E-state index in [0.29, 0.717) is 6.42 Å². The van der Waals surface area contributed by atoms with Gasteiger partial charge in [-0.2, -0.15) is 0 Å². The molecule has 16 nitrogen and oxygen atoms in total. The largest absolute Gasteiger partial charge is 0.479 e. The van der Waals surface area contributed by atoms with E-state index >= 15 is 0 Å². The number of nitrogens with zero attached hydrogens (tertiary/aromatic N) is 1. The molecule has 2 aliphatic rings.